The molecule has 0 aliphatic carbocycles. The highest BCUT2D eigenvalue weighted by molar-refractivity contribution is 7.99. The van der Waals surface area contributed by atoms with Crippen LogP contribution in [0.4, 0.5) is 13.2 Å². The summed E-state index contributed by atoms with van der Waals surface area (Å²) in [5, 5.41) is 8.41. The van der Waals surface area contributed by atoms with Gasteiger partial charge >= 0.3 is 6.18 Å². The fraction of sp³-hybridized carbons (Fsp3) is 0.368. The van der Waals surface area contributed by atoms with Crippen molar-refractivity contribution in [3.05, 3.63) is 42.2 Å². The van der Waals surface area contributed by atoms with Gasteiger partial charge in [-0.05, 0) is 49.7 Å². The minimum absolute atomic E-state index is 0.112. The van der Waals surface area contributed by atoms with Crippen molar-refractivity contribution in [1.29, 1.82) is 0 Å². The molecule has 0 radical (unpaired) electrons. The Morgan fingerprint density at radius 1 is 1.12 bits per heavy atom. The van der Waals surface area contributed by atoms with Crippen LogP contribution in [0.5, 0.6) is 0 Å². The zero-order valence-electron chi connectivity index (χ0n) is 16.9. The standard InChI is InChI=1S/C19H19F3N6O2S2/c1-2-28-16(13-6-5-7-14(12-13)32(29,30)27-10-3-4-11-27)25-26-18(28)31-17-23-9-8-15(24-17)19(20,21)22/h5-9,12H,2-4,10-11H2,1H3. The van der Waals surface area contributed by atoms with Crippen LogP contribution in [0.25, 0.3) is 11.4 Å². The summed E-state index contributed by atoms with van der Waals surface area (Å²) in [5.41, 5.74) is -0.506. The molecule has 0 atom stereocenters. The second-order valence-electron chi connectivity index (χ2n) is 7.01. The second-order valence-corrected chi connectivity index (χ2v) is 9.89. The van der Waals surface area contributed by atoms with E-state index in [0.29, 0.717) is 36.2 Å². The lowest BCUT2D eigenvalue weighted by Crippen LogP contribution is -2.27. The third kappa shape index (κ3) is 4.50. The highest BCUT2D eigenvalue weighted by Gasteiger charge is 2.33. The van der Waals surface area contributed by atoms with Crippen LogP contribution in [0.15, 0.2) is 51.7 Å². The molecule has 1 saturated heterocycles. The van der Waals surface area contributed by atoms with E-state index in [1.165, 1.54) is 10.4 Å². The van der Waals surface area contributed by atoms with E-state index in [1.807, 2.05) is 6.92 Å². The van der Waals surface area contributed by atoms with Crippen LogP contribution in [-0.2, 0) is 22.7 Å². The van der Waals surface area contributed by atoms with Crippen molar-refractivity contribution in [2.24, 2.45) is 0 Å². The Hall–Kier alpha value is -2.51. The maximum atomic E-state index is 12.9. The van der Waals surface area contributed by atoms with Crippen molar-refractivity contribution in [2.75, 3.05) is 13.1 Å². The molecule has 0 saturated carbocycles. The third-order valence-corrected chi connectivity index (χ3v) is 7.69. The molecule has 170 valence electrons. The summed E-state index contributed by atoms with van der Waals surface area (Å²) in [6.45, 7) is 3.23. The fourth-order valence-electron chi connectivity index (χ4n) is 3.37. The van der Waals surface area contributed by atoms with Gasteiger partial charge in [-0.15, -0.1) is 10.2 Å². The number of aromatic nitrogens is 5. The first-order valence-corrected chi connectivity index (χ1v) is 12.1. The van der Waals surface area contributed by atoms with E-state index in [-0.39, 0.29) is 10.1 Å². The van der Waals surface area contributed by atoms with Gasteiger partial charge in [0.1, 0.15) is 5.69 Å². The van der Waals surface area contributed by atoms with Crippen LogP contribution in [0.3, 0.4) is 0 Å². The molecule has 1 aromatic carbocycles. The second kappa shape index (κ2) is 8.79. The average Bonchev–Trinajstić information content (AvgIpc) is 3.44. The number of hydrogen-bond donors (Lipinski definition) is 0. The normalized spacial score (nSPS) is 15.4. The number of nitrogens with zero attached hydrogens (tertiary/aromatic N) is 6. The summed E-state index contributed by atoms with van der Waals surface area (Å²) in [5.74, 6) is 0.403. The smallest absolute Gasteiger partial charge is 0.302 e. The number of benzene rings is 1. The molecular formula is C19H19F3N6O2S2. The molecule has 4 rings (SSSR count). The quantitative estimate of drug-likeness (QED) is 0.493. The molecule has 0 bridgehead atoms. The van der Waals surface area contributed by atoms with E-state index in [4.69, 9.17) is 0 Å². The lowest BCUT2D eigenvalue weighted by atomic mass is 10.2. The Morgan fingerprint density at radius 3 is 2.56 bits per heavy atom. The van der Waals surface area contributed by atoms with E-state index in [9.17, 15) is 21.6 Å². The van der Waals surface area contributed by atoms with Gasteiger partial charge in [-0.25, -0.2) is 18.4 Å². The van der Waals surface area contributed by atoms with Gasteiger partial charge in [0, 0.05) is 31.4 Å². The molecule has 3 aromatic rings. The highest BCUT2D eigenvalue weighted by atomic mass is 32.2. The number of hydrogen-bond acceptors (Lipinski definition) is 7. The monoisotopic (exact) mass is 484 g/mol. The van der Waals surface area contributed by atoms with Crippen LogP contribution in [0.2, 0.25) is 0 Å². The van der Waals surface area contributed by atoms with E-state index >= 15 is 0 Å². The summed E-state index contributed by atoms with van der Waals surface area (Å²) in [4.78, 5) is 7.59. The Kier molecular flexibility index (Phi) is 6.23. The molecule has 2 aromatic heterocycles. The first-order valence-electron chi connectivity index (χ1n) is 9.82. The average molecular weight is 485 g/mol. The van der Waals surface area contributed by atoms with Crippen LogP contribution in [-0.4, -0.2) is 50.5 Å². The number of alkyl halides is 3. The van der Waals surface area contributed by atoms with Crippen molar-refractivity contribution >= 4 is 21.8 Å². The zero-order valence-corrected chi connectivity index (χ0v) is 18.6. The molecule has 32 heavy (non-hydrogen) atoms. The summed E-state index contributed by atoms with van der Waals surface area (Å²) in [7, 11) is -3.61. The van der Waals surface area contributed by atoms with Gasteiger partial charge in [0.15, 0.2) is 16.1 Å². The largest absolute Gasteiger partial charge is 0.433 e. The minimum Gasteiger partial charge on any atom is -0.302 e. The molecule has 8 nitrogen and oxygen atoms in total. The molecule has 1 fully saturated rings. The maximum Gasteiger partial charge on any atom is 0.433 e. The summed E-state index contributed by atoms with van der Waals surface area (Å²) in [6.07, 6.45) is -1.87. The molecule has 13 heteroatoms. The fourth-order valence-corrected chi connectivity index (χ4v) is 5.76. The topological polar surface area (TPSA) is 93.9 Å². The highest BCUT2D eigenvalue weighted by Crippen LogP contribution is 2.32. The van der Waals surface area contributed by atoms with Crippen LogP contribution < -0.4 is 0 Å². The predicted molar refractivity (Wildman–Crippen MR) is 110 cm³/mol. The van der Waals surface area contributed by atoms with E-state index < -0.39 is 21.9 Å². The molecule has 0 N–H and O–H groups in total. The lowest BCUT2D eigenvalue weighted by Gasteiger charge is -2.16. The zero-order chi connectivity index (χ0) is 22.9. The van der Waals surface area contributed by atoms with E-state index in [1.54, 1.807) is 22.8 Å². The first kappa shape index (κ1) is 22.7. The van der Waals surface area contributed by atoms with E-state index in [0.717, 1.165) is 36.9 Å². The van der Waals surface area contributed by atoms with Crippen molar-refractivity contribution in [2.45, 2.75) is 47.7 Å². The van der Waals surface area contributed by atoms with Gasteiger partial charge in [-0.3, -0.25) is 0 Å². The predicted octanol–water partition coefficient (Wildman–Crippen LogP) is 3.71. The molecule has 0 amide bonds. The van der Waals surface area contributed by atoms with Gasteiger partial charge in [0.05, 0.1) is 4.90 Å². The Balaban J connectivity index is 1.66. The van der Waals surface area contributed by atoms with Gasteiger partial charge < -0.3 is 4.57 Å². The van der Waals surface area contributed by atoms with Gasteiger partial charge in [0.2, 0.25) is 10.0 Å². The number of sulfonamides is 1. The minimum atomic E-state index is -4.58. The van der Waals surface area contributed by atoms with Gasteiger partial charge in [-0.2, -0.15) is 17.5 Å². The Morgan fingerprint density at radius 2 is 1.88 bits per heavy atom. The van der Waals surface area contributed by atoms with Crippen molar-refractivity contribution in [3.63, 3.8) is 0 Å². The lowest BCUT2D eigenvalue weighted by molar-refractivity contribution is -0.141. The van der Waals surface area contributed by atoms with Crippen LogP contribution in [0.1, 0.15) is 25.5 Å². The summed E-state index contributed by atoms with van der Waals surface area (Å²) >= 11 is 0.855. The third-order valence-electron chi connectivity index (χ3n) is 4.93. The van der Waals surface area contributed by atoms with Crippen molar-refractivity contribution in [1.82, 2.24) is 29.0 Å². The van der Waals surface area contributed by atoms with Gasteiger partial charge in [0.25, 0.3) is 0 Å². The molecular weight excluding hydrogens is 465 g/mol. The van der Waals surface area contributed by atoms with Crippen molar-refractivity contribution in [3.8, 4) is 11.4 Å². The Bertz CT molecular complexity index is 1220. The van der Waals surface area contributed by atoms with Crippen LogP contribution in [0, 0.1) is 0 Å². The molecule has 1 aliphatic heterocycles. The van der Waals surface area contributed by atoms with Gasteiger partial charge in [-0.1, -0.05) is 12.1 Å². The molecule has 0 unspecified atom stereocenters. The SMILES string of the molecule is CCn1c(Sc2nccc(C(F)(F)F)n2)nnc1-c1cccc(S(=O)(=O)N2CCCC2)c1. The first-order chi connectivity index (χ1) is 15.2. The maximum absolute atomic E-state index is 12.9. The molecule has 0 spiro atoms. The van der Waals surface area contributed by atoms with E-state index in [2.05, 4.69) is 20.2 Å². The summed E-state index contributed by atoms with van der Waals surface area (Å²) in [6, 6.07) is 7.23. The number of halogens is 3. The summed E-state index contributed by atoms with van der Waals surface area (Å²) < 4.78 is 67.8. The Labute approximate surface area is 187 Å². The number of rotatable bonds is 6. The molecule has 1 aliphatic rings. The molecule has 3 heterocycles. The van der Waals surface area contributed by atoms with Crippen molar-refractivity contribution < 1.29 is 21.6 Å². The van der Waals surface area contributed by atoms with Crippen LogP contribution >= 0.6 is 11.8 Å².